The van der Waals surface area contributed by atoms with Crippen molar-refractivity contribution in [2.24, 2.45) is 7.05 Å². The first-order chi connectivity index (χ1) is 6.25. The monoisotopic (exact) mass is 193 g/mol. The van der Waals surface area contributed by atoms with Crippen molar-refractivity contribution in [1.29, 1.82) is 0 Å². The second-order valence-electron chi connectivity index (χ2n) is 2.91. The number of hydrogen-bond donors (Lipinski definition) is 1. The van der Waals surface area contributed by atoms with Crippen LogP contribution in [-0.2, 0) is 7.05 Å². The summed E-state index contributed by atoms with van der Waals surface area (Å²) >= 11 is 0. The van der Waals surface area contributed by atoms with Crippen LogP contribution in [0, 0.1) is 5.82 Å². The van der Waals surface area contributed by atoms with Gasteiger partial charge in [0.15, 0.2) is 0 Å². The van der Waals surface area contributed by atoms with E-state index in [9.17, 15) is 4.39 Å². The highest BCUT2D eigenvalue weighted by Crippen LogP contribution is 2.18. The molecular weight excluding hydrogens is 181 g/mol. The van der Waals surface area contributed by atoms with Crippen LogP contribution in [0.3, 0.4) is 0 Å². The molecule has 0 aliphatic heterocycles. The van der Waals surface area contributed by atoms with Crippen molar-refractivity contribution in [3.05, 3.63) is 42.5 Å². The van der Waals surface area contributed by atoms with Crippen LogP contribution in [0.4, 0.5) is 4.39 Å². The van der Waals surface area contributed by atoms with Crippen molar-refractivity contribution in [2.75, 3.05) is 0 Å². The second-order valence-corrected chi connectivity index (χ2v) is 2.91. The number of hydrogen-bond acceptors (Lipinski definition) is 2. The quantitative estimate of drug-likeness (QED) is 0.756. The van der Waals surface area contributed by atoms with Crippen molar-refractivity contribution in [3.63, 3.8) is 0 Å². The molecule has 0 spiro atoms. The molecule has 0 saturated heterocycles. The van der Waals surface area contributed by atoms with E-state index in [0.29, 0.717) is 0 Å². The molecule has 0 aliphatic rings. The van der Waals surface area contributed by atoms with Crippen LogP contribution in [0.25, 0.3) is 11.1 Å². The van der Waals surface area contributed by atoms with Gasteiger partial charge in [-0.2, -0.15) is 5.10 Å². The minimum absolute atomic E-state index is 0. The van der Waals surface area contributed by atoms with Crippen LogP contribution >= 0.6 is 0 Å². The Hall–Kier alpha value is -1.68. The molecule has 1 heterocycles. The molecule has 0 saturated carbocycles. The Bertz CT molecular complexity index is 423. The summed E-state index contributed by atoms with van der Waals surface area (Å²) in [5.41, 5.74) is 1.79. The normalized spacial score (nSPS) is 9.57. The van der Waals surface area contributed by atoms with Crippen LogP contribution in [0.15, 0.2) is 36.7 Å². The molecule has 0 fully saturated rings. The van der Waals surface area contributed by atoms with Crippen LogP contribution in [0.5, 0.6) is 0 Å². The Morgan fingerprint density at radius 1 is 1.29 bits per heavy atom. The fourth-order valence-electron chi connectivity index (χ4n) is 1.24. The molecule has 1 aromatic heterocycles. The van der Waals surface area contributed by atoms with Gasteiger partial charge in [-0.3, -0.25) is 4.68 Å². The molecule has 0 atom stereocenters. The molecule has 0 amide bonds. The van der Waals surface area contributed by atoms with E-state index in [1.165, 1.54) is 12.1 Å². The number of rotatable bonds is 1. The smallest absolute Gasteiger partial charge is 0.123 e. The molecule has 1 aromatic carbocycles. The van der Waals surface area contributed by atoms with Crippen molar-refractivity contribution >= 4 is 0 Å². The molecule has 3 nitrogen and oxygen atoms in total. The van der Waals surface area contributed by atoms with Crippen LogP contribution < -0.4 is 6.15 Å². The van der Waals surface area contributed by atoms with Gasteiger partial charge in [0.05, 0.1) is 6.20 Å². The van der Waals surface area contributed by atoms with E-state index in [0.717, 1.165) is 11.1 Å². The summed E-state index contributed by atoms with van der Waals surface area (Å²) in [6.45, 7) is 0. The van der Waals surface area contributed by atoms with Gasteiger partial charge in [-0.15, -0.1) is 0 Å². The molecule has 2 rings (SSSR count). The maximum atomic E-state index is 12.8. The standard InChI is InChI=1S/C10H9FN2.H3N/c1-13-7-9(6-12-13)8-3-2-4-10(11)5-8;/h2-7H,1H3;1H3. The largest absolute Gasteiger partial charge is 0.344 e. The number of aryl methyl sites for hydroxylation is 1. The summed E-state index contributed by atoms with van der Waals surface area (Å²) in [6.07, 6.45) is 3.57. The predicted molar refractivity (Wildman–Crippen MR) is 53.6 cm³/mol. The molecule has 0 bridgehead atoms. The van der Waals surface area contributed by atoms with Crippen molar-refractivity contribution in [3.8, 4) is 11.1 Å². The Kier molecular flexibility index (Phi) is 2.99. The third kappa shape index (κ3) is 1.97. The van der Waals surface area contributed by atoms with Gasteiger partial charge in [0, 0.05) is 18.8 Å². The summed E-state index contributed by atoms with van der Waals surface area (Å²) in [6, 6.07) is 6.48. The number of halogens is 1. The minimum atomic E-state index is -0.221. The van der Waals surface area contributed by atoms with E-state index in [2.05, 4.69) is 5.10 Å². The van der Waals surface area contributed by atoms with E-state index >= 15 is 0 Å². The van der Waals surface area contributed by atoms with E-state index in [4.69, 9.17) is 0 Å². The first-order valence-electron chi connectivity index (χ1n) is 4.00. The van der Waals surface area contributed by atoms with Gasteiger partial charge in [-0.05, 0) is 17.7 Å². The summed E-state index contributed by atoms with van der Waals surface area (Å²) in [5, 5.41) is 4.02. The summed E-state index contributed by atoms with van der Waals surface area (Å²) in [7, 11) is 1.84. The molecule has 74 valence electrons. The number of nitrogens with zero attached hydrogens (tertiary/aromatic N) is 2. The Labute approximate surface area is 81.8 Å². The first-order valence-corrected chi connectivity index (χ1v) is 4.00. The SMILES string of the molecule is Cn1cc(-c2cccc(F)c2)cn1.N. The average Bonchev–Trinajstić information content (AvgIpc) is 2.52. The van der Waals surface area contributed by atoms with Crippen molar-refractivity contribution < 1.29 is 4.39 Å². The zero-order valence-electron chi connectivity index (χ0n) is 7.94. The number of benzene rings is 1. The van der Waals surface area contributed by atoms with Crippen molar-refractivity contribution in [1.82, 2.24) is 15.9 Å². The highest BCUT2D eigenvalue weighted by Gasteiger charge is 2.00. The topological polar surface area (TPSA) is 52.8 Å². The lowest BCUT2D eigenvalue weighted by atomic mass is 10.1. The van der Waals surface area contributed by atoms with E-state index < -0.39 is 0 Å². The fourth-order valence-corrected chi connectivity index (χ4v) is 1.24. The highest BCUT2D eigenvalue weighted by atomic mass is 19.1. The van der Waals surface area contributed by atoms with Gasteiger partial charge >= 0.3 is 0 Å². The van der Waals surface area contributed by atoms with Gasteiger partial charge in [0.2, 0.25) is 0 Å². The Balaban J connectivity index is 0.000000980. The molecule has 3 N–H and O–H groups in total. The Morgan fingerprint density at radius 3 is 2.64 bits per heavy atom. The minimum Gasteiger partial charge on any atom is -0.344 e. The Morgan fingerprint density at radius 2 is 2.07 bits per heavy atom. The fraction of sp³-hybridized carbons (Fsp3) is 0.100. The lowest BCUT2D eigenvalue weighted by Crippen LogP contribution is -1.84. The van der Waals surface area contributed by atoms with Crippen LogP contribution in [0.2, 0.25) is 0 Å². The van der Waals surface area contributed by atoms with E-state index in [1.54, 1.807) is 16.9 Å². The molecule has 0 radical (unpaired) electrons. The summed E-state index contributed by atoms with van der Waals surface area (Å²) < 4.78 is 14.5. The summed E-state index contributed by atoms with van der Waals surface area (Å²) in [4.78, 5) is 0. The predicted octanol–water partition coefficient (Wildman–Crippen LogP) is 2.39. The zero-order valence-corrected chi connectivity index (χ0v) is 7.94. The van der Waals surface area contributed by atoms with Gasteiger partial charge in [-0.1, -0.05) is 12.1 Å². The van der Waals surface area contributed by atoms with Gasteiger partial charge in [0.1, 0.15) is 5.82 Å². The maximum absolute atomic E-state index is 12.8. The van der Waals surface area contributed by atoms with Crippen molar-refractivity contribution in [2.45, 2.75) is 0 Å². The lowest BCUT2D eigenvalue weighted by molar-refractivity contribution is 0.628. The molecule has 14 heavy (non-hydrogen) atoms. The third-order valence-corrected chi connectivity index (χ3v) is 1.86. The number of aromatic nitrogens is 2. The maximum Gasteiger partial charge on any atom is 0.123 e. The van der Waals surface area contributed by atoms with E-state index in [-0.39, 0.29) is 12.0 Å². The second kappa shape index (κ2) is 4.02. The van der Waals surface area contributed by atoms with Gasteiger partial charge < -0.3 is 6.15 Å². The molecule has 2 aromatic rings. The molecule has 4 heteroatoms. The van der Waals surface area contributed by atoms with Crippen LogP contribution in [-0.4, -0.2) is 9.78 Å². The first kappa shape index (κ1) is 10.4. The van der Waals surface area contributed by atoms with E-state index in [1.807, 2.05) is 19.3 Å². The molecule has 0 unspecified atom stereocenters. The average molecular weight is 193 g/mol. The molecular formula is C10H12FN3. The third-order valence-electron chi connectivity index (χ3n) is 1.86. The van der Waals surface area contributed by atoms with Crippen LogP contribution in [0.1, 0.15) is 0 Å². The lowest BCUT2D eigenvalue weighted by Gasteiger charge is -1.95. The summed E-state index contributed by atoms with van der Waals surface area (Å²) in [5.74, 6) is -0.221. The van der Waals surface area contributed by atoms with Gasteiger partial charge in [0.25, 0.3) is 0 Å². The highest BCUT2D eigenvalue weighted by molar-refractivity contribution is 5.61. The zero-order chi connectivity index (χ0) is 9.26. The molecule has 0 aliphatic carbocycles. The van der Waals surface area contributed by atoms with Gasteiger partial charge in [-0.25, -0.2) is 4.39 Å².